The SMILES string of the molecule is CCc1ccc(C(Br)c2ccccc2Br)cc1CC. The van der Waals surface area contributed by atoms with Gasteiger partial charge in [0, 0.05) is 4.47 Å². The van der Waals surface area contributed by atoms with Crippen LogP contribution in [0.5, 0.6) is 0 Å². The highest BCUT2D eigenvalue weighted by Crippen LogP contribution is 2.36. The molecule has 0 N–H and O–H groups in total. The van der Waals surface area contributed by atoms with Crippen molar-refractivity contribution in [1.82, 2.24) is 0 Å². The molecule has 0 nitrogen and oxygen atoms in total. The number of rotatable bonds is 4. The molecule has 0 aliphatic heterocycles. The summed E-state index contributed by atoms with van der Waals surface area (Å²) in [5.74, 6) is 0. The number of halogens is 2. The fourth-order valence-corrected chi connectivity index (χ4v) is 3.84. The van der Waals surface area contributed by atoms with E-state index in [1.807, 2.05) is 6.07 Å². The maximum atomic E-state index is 3.82. The van der Waals surface area contributed by atoms with E-state index in [1.165, 1.54) is 22.3 Å². The zero-order valence-corrected chi connectivity index (χ0v) is 14.5. The molecule has 0 saturated carbocycles. The molecule has 0 spiro atoms. The summed E-state index contributed by atoms with van der Waals surface area (Å²) in [5, 5.41) is 0. The standard InChI is InChI=1S/C17H18Br2/c1-3-12-9-10-14(11-13(12)4-2)17(19)15-7-5-6-8-16(15)18/h5-11,17H,3-4H2,1-2H3. The monoisotopic (exact) mass is 380 g/mol. The molecule has 2 heteroatoms. The fraction of sp³-hybridized carbons (Fsp3) is 0.294. The fourth-order valence-electron chi connectivity index (χ4n) is 2.34. The largest absolute Gasteiger partial charge is 0.0786 e. The highest BCUT2D eigenvalue weighted by molar-refractivity contribution is 9.11. The molecule has 1 unspecified atom stereocenters. The topological polar surface area (TPSA) is 0 Å². The van der Waals surface area contributed by atoms with Gasteiger partial charge in [0.1, 0.15) is 0 Å². The van der Waals surface area contributed by atoms with Crippen molar-refractivity contribution in [2.75, 3.05) is 0 Å². The van der Waals surface area contributed by atoms with Gasteiger partial charge in [0.15, 0.2) is 0 Å². The van der Waals surface area contributed by atoms with Gasteiger partial charge < -0.3 is 0 Å². The van der Waals surface area contributed by atoms with E-state index in [2.05, 4.69) is 82.1 Å². The molecule has 0 saturated heterocycles. The molecule has 0 aliphatic rings. The predicted molar refractivity (Wildman–Crippen MR) is 90.1 cm³/mol. The van der Waals surface area contributed by atoms with Crippen LogP contribution < -0.4 is 0 Å². The van der Waals surface area contributed by atoms with Crippen LogP contribution >= 0.6 is 31.9 Å². The second-order valence-corrected chi connectivity index (χ2v) is 6.39. The molecule has 19 heavy (non-hydrogen) atoms. The van der Waals surface area contributed by atoms with E-state index in [-0.39, 0.29) is 4.83 Å². The predicted octanol–water partition coefficient (Wildman–Crippen LogP) is 6.06. The summed E-state index contributed by atoms with van der Waals surface area (Å²) < 4.78 is 1.15. The van der Waals surface area contributed by atoms with Crippen LogP contribution in [0, 0.1) is 0 Å². The van der Waals surface area contributed by atoms with Crippen molar-refractivity contribution in [3.63, 3.8) is 0 Å². The molecule has 0 aliphatic carbocycles. The molecule has 0 amide bonds. The average molecular weight is 382 g/mol. The molecule has 1 atom stereocenters. The summed E-state index contributed by atoms with van der Waals surface area (Å²) in [6.07, 6.45) is 2.19. The van der Waals surface area contributed by atoms with Gasteiger partial charge in [-0.25, -0.2) is 0 Å². The quantitative estimate of drug-likeness (QED) is 0.564. The Hall–Kier alpha value is -0.600. The van der Waals surface area contributed by atoms with Crippen LogP contribution in [0.1, 0.15) is 40.9 Å². The third-order valence-electron chi connectivity index (χ3n) is 3.46. The van der Waals surface area contributed by atoms with Crippen LogP contribution in [0.4, 0.5) is 0 Å². The zero-order chi connectivity index (χ0) is 13.8. The lowest BCUT2D eigenvalue weighted by Crippen LogP contribution is -1.98. The van der Waals surface area contributed by atoms with Crippen molar-refractivity contribution < 1.29 is 0 Å². The van der Waals surface area contributed by atoms with Gasteiger partial charge in [0.05, 0.1) is 4.83 Å². The Morgan fingerprint density at radius 1 is 0.947 bits per heavy atom. The molecule has 2 aromatic rings. The Bertz CT molecular complexity index is 561. The first-order valence-corrected chi connectivity index (χ1v) is 8.38. The van der Waals surface area contributed by atoms with Gasteiger partial charge >= 0.3 is 0 Å². The summed E-state index contributed by atoms with van der Waals surface area (Å²) in [6.45, 7) is 4.44. The van der Waals surface area contributed by atoms with Crippen LogP contribution in [0.3, 0.4) is 0 Å². The third-order valence-corrected chi connectivity index (χ3v) is 5.21. The first kappa shape index (κ1) is 14.8. The molecule has 0 heterocycles. The highest BCUT2D eigenvalue weighted by Gasteiger charge is 2.14. The van der Waals surface area contributed by atoms with E-state index >= 15 is 0 Å². The molecular weight excluding hydrogens is 364 g/mol. The number of alkyl halides is 1. The molecule has 0 bridgehead atoms. The van der Waals surface area contributed by atoms with E-state index in [4.69, 9.17) is 0 Å². The first-order chi connectivity index (χ1) is 9.17. The van der Waals surface area contributed by atoms with Gasteiger partial charge in [-0.3, -0.25) is 0 Å². The highest BCUT2D eigenvalue weighted by atomic mass is 79.9. The zero-order valence-electron chi connectivity index (χ0n) is 11.3. The lowest BCUT2D eigenvalue weighted by atomic mass is 9.97. The summed E-state index contributed by atoms with van der Waals surface area (Å²) in [5.41, 5.74) is 5.50. The van der Waals surface area contributed by atoms with Crippen molar-refractivity contribution in [3.05, 3.63) is 69.2 Å². The van der Waals surface area contributed by atoms with Crippen molar-refractivity contribution in [3.8, 4) is 0 Å². The van der Waals surface area contributed by atoms with Crippen LogP contribution in [-0.2, 0) is 12.8 Å². The van der Waals surface area contributed by atoms with Gasteiger partial charge in [-0.05, 0) is 41.2 Å². The Morgan fingerprint density at radius 3 is 2.26 bits per heavy atom. The normalized spacial score (nSPS) is 12.4. The Labute approximate surface area is 132 Å². The van der Waals surface area contributed by atoms with Crippen molar-refractivity contribution >= 4 is 31.9 Å². The number of benzene rings is 2. The van der Waals surface area contributed by atoms with E-state index < -0.39 is 0 Å². The summed E-state index contributed by atoms with van der Waals surface area (Å²) in [7, 11) is 0. The van der Waals surface area contributed by atoms with E-state index in [0.29, 0.717) is 0 Å². The van der Waals surface area contributed by atoms with Crippen LogP contribution in [0.15, 0.2) is 46.9 Å². The van der Waals surface area contributed by atoms with Gasteiger partial charge in [0.25, 0.3) is 0 Å². The Morgan fingerprint density at radius 2 is 1.63 bits per heavy atom. The van der Waals surface area contributed by atoms with E-state index in [1.54, 1.807) is 0 Å². The van der Waals surface area contributed by atoms with Gasteiger partial charge in [-0.15, -0.1) is 0 Å². The summed E-state index contributed by atoms with van der Waals surface area (Å²) in [6, 6.07) is 15.2. The molecular formula is C17H18Br2. The third kappa shape index (κ3) is 3.29. The second-order valence-electron chi connectivity index (χ2n) is 4.62. The molecule has 2 rings (SSSR count). The Kier molecular flexibility index (Phi) is 5.23. The van der Waals surface area contributed by atoms with Crippen molar-refractivity contribution in [1.29, 1.82) is 0 Å². The molecule has 0 radical (unpaired) electrons. The van der Waals surface area contributed by atoms with Crippen LogP contribution in [0.2, 0.25) is 0 Å². The van der Waals surface area contributed by atoms with Gasteiger partial charge in [-0.1, -0.05) is 82.1 Å². The Balaban J connectivity index is 2.39. The molecule has 100 valence electrons. The number of hydrogen-bond donors (Lipinski definition) is 0. The molecule has 0 fully saturated rings. The number of aryl methyl sites for hydroxylation is 2. The van der Waals surface area contributed by atoms with Gasteiger partial charge in [-0.2, -0.15) is 0 Å². The lowest BCUT2D eigenvalue weighted by Gasteiger charge is -2.15. The first-order valence-electron chi connectivity index (χ1n) is 6.67. The second kappa shape index (κ2) is 6.71. The number of hydrogen-bond acceptors (Lipinski definition) is 0. The van der Waals surface area contributed by atoms with Crippen molar-refractivity contribution in [2.45, 2.75) is 31.5 Å². The summed E-state index contributed by atoms with van der Waals surface area (Å²) in [4.78, 5) is 0.235. The van der Waals surface area contributed by atoms with Crippen LogP contribution in [0.25, 0.3) is 0 Å². The van der Waals surface area contributed by atoms with Crippen LogP contribution in [-0.4, -0.2) is 0 Å². The molecule has 0 aromatic heterocycles. The maximum absolute atomic E-state index is 3.82. The smallest absolute Gasteiger partial charge is 0.0655 e. The van der Waals surface area contributed by atoms with E-state index in [0.717, 1.165) is 17.3 Å². The van der Waals surface area contributed by atoms with Gasteiger partial charge in [0.2, 0.25) is 0 Å². The minimum atomic E-state index is 0.235. The minimum Gasteiger partial charge on any atom is -0.0786 e. The van der Waals surface area contributed by atoms with Crippen molar-refractivity contribution in [2.24, 2.45) is 0 Å². The molecule has 2 aromatic carbocycles. The average Bonchev–Trinajstić information content (AvgIpc) is 2.46. The maximum Gasteiger partial charge on any atom is 0.0655 e. The van der Waals surface area contributed by atoms with E-state index in [9.17, 15) is 0 Å². The summed E-state index contributed by atoms with van der Waals surface area (Å²) >= 11 is 7.45. The lowest BCUT2D eigenvalue weighted by molar-refractivity contribution is 1.02. The minimum absolute atomic E-state index is 0.235.